The molecule has 0 aromatic rings. The van der Waals surface area contributed by atoms with Gasteiger partial charge in [-0.25, -0.2) is 0 Å². The molecule has 27 heavy (non-hydrogen) atoms. The second-order valence-electron chi connectivity index (χ2n) is 8.43. The van der Waals surface area contributed by atoms with Crippen molar-refractivity contribution in [3.8, 4) is 0 Å². The molecule has 0 heterocycles. The molecule has 0 N–H and O–H groups in total. The minimum Gasteiger partial charge on any atom is -0.0683 e. The van der Waals surface area contributed by atoms with Gasteiger partial charge in [-0.3, -0.25) is 0 Å². The predicted molar refractivity (Wildman–Crippen MR) is 147 cm³/mol. The zero-order valence-electron chi connectivity index (χ0n) is 20.1. The fourth-order valence-corrected chi connectivity index (χ4v) is 3.97. The Hall–Kier alpha value is 1.46. The molecule has 3 fully saturated rings. The van der Waals surface area contributed by atoms with Crippen LogP contribution in [0.3, 0.4) is 0 Å². The number of halogens is 2. The van der Waals surface area contributed by atoms with E-state index >= 15 is 0 Å². The van der Waals surface area contributed by atoms with Crippen LogP contribution in [0.2, 0.25) is 0 Å². The van der Waals surface area contributed by atoms with Crippen molar-refractivity contribution in [2.24, 2.45) is 17.8 Å². The van der Waals surface area contributed by atoms with Crippen molar-refractivity contribution >= 4 is 37.2 Å². The van der Waals surface area contributed by atoms with Crippen LogP contribution in [-0.2, 0) is 0 Å². The molecular formula is C25H54I2. The van der Waals surface area contributed by atoms with Gasteiger partial charge in [0.25, 0.3) is 0 Å². The average molecular weight is 609 g/mol. The molecule has 0 atom stereocenters. The lowest BCUT2D eigenvalue weighted by atomic mass is 10.0. The van der Waals surface area contributed by atoms with Crippen LogP contribution in [-0.4, -0.2) is 0 Å². The highest BCUT2D eigenvalue weighted by Crippen LogP contribution is 2.28. The van der Waals surface area contributed by atoms with Gasteiger partial charge in [0.1, 0.15) is 0 Å². The zero-order valence-corrected chi connectivity index (χ0v) is 24.4. The van der Waals surface area contributed by atoms with E-state index in [-0.39, 0.29) is 0 Å². The molecular weight excluding hydrogens is 554 g/mol. The summed E-state index contributed by atoms with van der Waals surface area (Å²) >= 11 is 4.24. The minimum atomic E-state index is 1.05. The van der Waals surface area contributed by atoms with E-state index in [1.54, 1.807) is 0 Å². The molecule has 0 saturated heterocycles. The molecule has 3 rings (SSSR count). The van der Waals surface area contributed by atoms with Crippen molar-refractivity contribution in [1.82, 2.24) is 0 Å². The second-order valence-corrected chi connectivity index (χ2v) is 8.43. The van der Waals surface area contributed by atoms with E-state index in [0.29, 0.717) is 0 Å². The normalized spacial score (nSPS) is 19.0. The summed E-state index contributed by atoms with van der Waals surface area (Å²) in [4.78, 5) is 0. The van der Waals surface area contributed by atoms with Crippen molar-refractivity contribution in [1.29, 1.82) is 0 Å². The first-order chi connectivity index (χ1) is 13.1. The van der Waals surface area contributed by atoms with Crippen LogP contribution in [0.5, 0.6) is 0 Å². The molecule has 3 aliphatic carbocycles. The molecule has 3 aliphatic rings. The van der Waals surface area contributed by atoms with Crippen LogP contribution in [0.15, 0.2) is 0 Å². The smallest absolute Gasteiger partial charge is 0 e. The molecule has 0 radical (unpaired) electrons. The minimum absolute atomic E-state index is 1.05. The lowest BCUT2D eigenvalue weighted by Gasteiger charge is -2.03. The zero-order chi connectivity index (χ0) is 21.3. The summed E-state index contributed by atoms with van der Waals surface area (Å²) in [5.74, 6) is 3.20. The molecule has 2 heteroatoms. The molecule has 3 saturated carbocycles. The summed E-state index contributed by atoms with van der Waals surface area (Å²) < 4.78 is 0. The number of hydrogen-bond acceptors (Lipinski definition) is 0. The quantitative estimate of drug-likeness (QED) is 0.274. The van der Waals surface area contributed by atoms with Crippen LogP contribution in [0.1, 0.15) is 145 Å². The molecule has 0 nitrogen and oxygen atoms in total. The summed E-state index contributed by atoms with van der Waals surface area (Å²) in [6.07, 6.45) is 22.1. The maximum Gasteiger partial charge on any atom is 0 e. The Labute approximate surface area is 198 Å². The largest absolute Gasteiger partial charge is 0.0683 e. The van der Waals surface area contributed by atoms with E-state index in [0.717, 1.165) is 17.8 Å². The van der Waals surface area contributed by atoms with Crippen molar-refractivity contribution in [3.63, 3.8) is 0 Å². The Morgan fingerprint density at radius 3 is 1.04 bits per heavy atom. The summed E-state index contributed by atoms with van der Waals surface area (Å²) in [5, 5.41) is 0. The topological polar surface area (TPSA) is 0 Å². The van der Waals surface area contributed by atoms with E-state index in [2.05, 4.69) is 71.9 Å². The van der Waals surface area contributed by atoms with Gasteiger partial charge in [-0.2, -0.15) is 0 Å². The van der Waals surface area contributed by atoms with Crippen molar-refractivity contribution in [3.05, 3.63) is 0 Å². The molecule has 0 amide bonds. The molecule has 0 aromatic carbocycles. The maximum absolute atomic E-state index is 2.34. The van der Waals surface area contributed by atoms with E-state index in [4.69, 9.17) is 0 Å². The van der Waals surface area contributed by atoms with Crippen LogP contribution >= 0.6 is 37.2 Å². The van der Waals surface area contributed by atoms with E-state index in [1.165, 1.54) is 96.3 Å². The van der Waals surface area contributed by atoms with Gasteiger partial charge in [0.2, 0.25) is 0 Å². The van der Waals surface area contributed by atoms with Crippen LogP contribution in [0, 0.1) is 17.8 Å². The third-order valence-electron chi connectivity index (χ3n) is 5.46. The summed E-state index contributed by atoms with van der Waals surface area (Å²) in [5.41, 5.74) is 0. The van der Waals surface area contributed by atoms with Crippen LogP contribution < -0.4 is 0 Å². The van der Waals surface area contributed by atoms with Crippen LogP contribution in [0.4, 0.5) is 0 Å². The Bertz CT molecular complexity index is 198. The Balaban J connectivity index is -0.000000277. The van der Waals surface area contributed by atoms with E-state index < -0.39 is 0 Å². The lowest BCUT2D eigenvalue weighted by molar-refractivity contribution is 0.496. The highest BCUT2D eigenvalue weighted by molar-refractivity contribution is 15.0. The third-order valence-corrected chi connectivity index (χ3v) is 5.46. The van der Waals surface area contributed by atoms with Crippen LogP contribution in [0.25, 0.3) is 0 Å². The van der Waals surface area contributed by atoms with Crippen molar-refractivity contribution in [2.45, 2.75) is 145 Å². The fourth-order valence-electron chi connectivity index (χ4n) is 3.97. The lowest BCUT2D eigenvalue weighted by Crippen LogP contribution is -1.89. The molecule has 0 aromatic heterocycles. The molecule has 168 valence electrons. The first kappa shape index (κ1) is 33.1. The number of rotatable bonds is 2. The molecule has 0 unspecified atom stereocenters. The van der Waals surface area contributed by atoms with Gasteiger partial charge >= 0.3 is 0 Å². The molecule has 0 spiro atoms. The van der Waals surface area contributed by atoms with E-state index in [1.807, 2.05) is 13.8 Å². The maximum atomic E-state index is 2.34. The van der Waals surface area contributed by atoms with Gasteiger partial charge in [0.05, 0.1) is 0 Å². The number of hydrogen-bond donors (Lipinski definition) is 0. The monoisotopic (exact) mass is 608 g/mol. The van der Waals surface area contributed by atoms with Gasteiger partial charge in [-0.15, -0.1) is 0 Å². The van der Waals surface area contributed by atoms with Crippen molar-refractivity contribution < 1.29 is 0 Å². The Morgan fingerprint density at radius 2 is 0.852 bits per heavy atom. The molecule has 0 bridgehead atoms. The van der Waals surface area contributed by atoms with Gasteiger partial charge in [0.15, 0.2) is 0 Å². The first-order valence-corrected chi connectivity index (χ1v) is 18.6. The summed E-state index contributed by atoms with van der Waals surface area (Å²) in [6, 6.07) is 0. The first-order valence-electron chi connectivity index (χ1n) is 12.3. The van der Waals surface area contributed by atoms with Gasteiger partial charge in [0, 0.05) is 37.2 Å². The van der Waals surface area contributed by atoms with Gasteiger partial charge < -0.3 is 0 Å². The standard InChI is InChI=1S/C8H16.2C6H12.C3H8.C2H6.I2/c1-2-5-8-6-3-4-7-8;2*1-6-4-2-3-5-6;1-3-2;2*1-2/h8H,2-7H2,1H3;2*6H,2-5H2,1H3;3H2,1-2H3;1-2H3;. The third kappa shape index (κ3) is 27.5. The highest BCUT2D eigenvalue weighted by atomic mass is 128. The Kier molecular flexibility index (Phi) is 36.4. The Morgan fingerprint density at radius 1 is 0.593 bits per heavy atom. The second kappa shape index (κ2) is 29.7. The fraction of sp³-hybridized carbons (Fsp3) is 1.00. The van der Waals surface area contributed by atoms with E-state index in [9.17, 15) is 0 Å². The molecule has 0 aliphatic heterocycles. The highest BCUT2D eigenvalue weighted by Gasteiger charge is 2.12. The average Bonchev–Trinajstić information content (AvgIpc) is 3.46. The summed E-state index contributed by atoms with van der Waals surface area (Å²) in [6.45, 7) is 15.2. The summed E-state index contributed by atoms with van der Waals surface area (Å²) in [7, 11) is 0. The SMILES string of the molecule is CC.CC1CCCC1.CC1CCCC1.CCC.CCCC1CCCC1.II. The van der Waals surface area contributed by atoms with Gasteiger partial charge in [-0.05, 0) is 17.8 Å². The van der Waals surface area contributed by atoms with Crippen molar-refractivity contribution in [2.75, 3.05) is 0 Å². The van der Waals surface area contributed by atoms with Gasteiger partial charge in [-0.1, -0.05) is 145 Å². The predicted octanol–water partition coefficient (Wildman–Crippen LogP) is 11.6.